The molecule has 0 saturated heterocycles. The first-order chi connectivity index (χ1) is 7.92. The molecule has 1 aromatic carbocycles. The molecule has 1 N–H and O–H groups in total. The number of imidazole rings is 1. The van der Waals surface area contributed by atoms with Gasteiger partial charge in [0.1, 0.15) is 0 Å². The summed E-state index contributed by atoms with van der Waals surface area (Å²) in [5, 5.41) is 3.39. The fourth-order valence-corrected chi connectivity index (χ4v) is 2.22. The highest BCUT2D eigenvalue weighted by atomic mass is 35.5. The second-order valence-electron chi connectivity index (χ2n) is 4.26. The van der Waals surface area contributed by atoms with E-state index in [-0.39, 0.29) is 12.4 Å². The van der Waals surface area contributed by atoms with E-state index in [9.17, 15) is 0 Å². The first-order valence-corrected chi connectivity index (χ1v) is 5.69. The Balaban J connectivity index is 0.00000108. The third-order valence-electron chi connectivity index (χ3n) is 3.08. The van der Waals surface area contributed by atoms with Crippen molar-refractivity contribution >= 4 is 12.4 Å². The van der Waals surface area contributed by atoms with Crippen molar-refractivity contribution in [3.8, 4) is 0 Å². The van der Waals surface area contributed by atoms with Crippen LogP contribution in [0.4, 0.5) is 0 Å². The number of fused-ring (bicyclic) bond motifs is 1. The second kappa shape index (κ2) is 5.34. The molecule has 0 atom stereocenters. The number of hydrogen-bond donors (Lipinski definition) is 1. The van der Waals surface area contributed by atoms with E-state index in [4.69, 9.17) is 0 Å². The fraction of sp³-hybridized carbons (Fsp3) is 0.308. The van der Waals surface area contributed by atoms with Crippen molar-refractivity contribution in [1.29, 1.82) is 0 Å². The van der Waals surface area contributed by atoms with Crippen molar-refractivity contribution in [3.05, 3.63) is 53.6 Å². The molecule has 3 nitrogen and oxygen atoms in total. The van der Waals surface area contributed by atoms with Gasteiger partial charge in [0, 0.05) is 25.5 Å². The zero-order valence-corrected chi connectivity index (χ0v) is 10.4. The third-order valence-corrected chi connectivity index (χ3v) is 3.08. The Hall–Kier alpha value is -1.32. The molecule has 90 valence electrons. The van der Waals surface area contributed by atoms with Gasteiger partial charge in [-0.2, -0.15) is 0 Å². The molecule has 2 aromatic rings. The van der Waals surface area contributed by atoms with Crippen LogP contribution in [-0.4, -0.2) is 16.1 Å². The van der Waals surface area contributed by atoms with Gasteiger partial charge in [0.25, 0.3) is 0 Å². The summed E-state index contributed by atoms with van der Waals surface area (Å²) in [5.41, 5.74) is 4.30. The highest BCUT2D eigenvalue weighted by Crippen LogP contribution is 2.16. The molecule has 0 aliphatic carbocycles. The topological polar surface area (TPSA) is 29.9 Å². The summed E-state index contributed by atoms with van der Waals surface area (Å²) < 4.78 is 2.10. The molecule has 0 amide bonds. The van der Waals surface area contributed by atoms with Crippen molar-refractivity contribution in [3.63, 3.8) is 0 Å². The smallest absolute Gasteiger partial charge is 0.0949 e. The molecule has 1 aromatic heterocycles. The van der Waals surface area contributed by atoms with Gasteiger partial charge < -0.3 is 9.88 Å². The highest BCUT2D eigenvalue weighted by Gasteiger charge is 2.08. The van der Waals surface area contributed by atoms with Gasteiger partial charge in [0.2, 0.25) is 0 Å². The molecular weight excluding hydrogens is 234 g/mol. The average Bonchev–Trinajstić information content (AvgIpc) is 2.82. The Bertz CT molecular complexity index is 479. The Morgan fingerprint density at radius 3 is 3.06 bits per heavy atom. The maximum absolute atomic E-state index is 4.06. The molecular formula is C13H16ClN3. The van der Waals surface area contributed by atoms with Crippen LogP contribution >= 0.6 is 12.4 Å². The predicted octanol–water partition coefficient (Wildman–Crippen LogP) is 2.00. The fourth-order valence-electron chi connectivity index (χ4n) is 2.22. The maximum atomic E-state index is 4.06. The summed E-state index contributed by atoms with van der Waals surface area (Å²) in [6, 6.07) is 6.79. The molecule has 3 rings (SSSR count). The summed E-state index contributed by atoms with van der Waals surface area (Å²) in [4.78, 5) is 4.06. The van der Waals surface area contributed by atoms with Gasteiger partial charge in [-0.15, -0.1) is 12.4 Å². The molecule has 17 heavy (non-hydrogen) atoms. The van der Waals surface area contributed by atoms with E-state index in [1.54, 1.807) is 0 Å². The van der Waals surface area contributed by atoms with E-state index in [2.05, 4.69) is 33.1 Å². The first kappa shape index (κ1) is 12.1. The molecule has 2 heterocycles. The molecule has 4 heteroatoms. The van der Waals surface area contributed by atoms with Gasteiger partial charge >= 0.3 is 0 Å². The largest absolute Gasteiger partial charge is 0.333 e. The van der Waals surface area contributed by atoms with Gasteiger partial charge in [-0.25, -0.2) is 4.98 Å². The summed E-state index contributed by atoms with van der Waals surface area (Å²) in [6.45, 7) is 3.03. The SMILES string of the molecule is Cl.c1cn(Cc2ccc3c(c2)CCNC3)cn1. The zero-order chi connectivity index (χ0) is 10.8. The number of halogens is 1. The summed E-state index contributed by atoms with van der Waals surface area (Å²) in [5.74, 6) is 0. The molecule has 0 spiro atoms. The number of nitrogens with one attached hydrogen (secondary N) is 1. The van der Waals surface area contributed by atoms with Crippen molar-refractivity contribution in [2.75, 3.05) is 6.54 Å². The maximum Gasteiger partial charge on any atom is 0.0949 e. The van der Waals surface area contributed by atoms with Crippen LogP contribution in [0.15, 0.2) is 36.9 Å². The van der Waals surface area contributed by atoms with Crippen LogP contribution in [0.5, 0.6) is 0 Å². The molecule has 0 radical (unpaired) electrons. The van der Waals surface area contributed by atoms with Gasteiger partial charge in [0.15, 0.2) is 0 Å². The third kappa shape index (κ3) is 2.68. The number of hydrogen-bond acceptors (Lipinski definition) is 2. The van der Waals surface area contributed by atoms with Gasteiger partial charge in [-0.1, -0.05) is 18.2 Å². The van der Waals surface area contributed by atoms with Crippen LogP contribution in [0.25, 0.3) is 0 Å². The van der Waals surface area contributed by atoms with Crippen LogP contribution in [0, 0.1) is 0 Å². The van der Waals surface area contributed by atoms with Gasteiger partial charge in [-0.05, 0) is 29.7 Å². The number of benzene rings is 1. The van der Waals surface area contributed by atoms with Gasteiger partial charge in [-0.3, -0.25) is 0 Å². The predicted molar refractivity (Wildman–Crippen MR) is 70.4 cm³/mol. The first-order valence-electron chi connectivity index (χ1n) is 5.69. The van der Waals surface area contributed by atoms with E-state index in [1.165, 1.54) is 16.7 Å². The summed E-state index contributed by atoms with van der Waals surface area (Å²) in [7, 11) is 0. The molecule has 0 unspecified atom stereocenters. The molecule has 1 aliphatic heterocycles. The molecule has 1 aliphatic rings. The van der Waals surface area contributed by atoms with E-state index in [0.717, 1.165) is 26.1 Å². The molecule has 0 bridgehead atoms. The Kier molecular flexibility index (Phi) is 3.82. The van der Waals surface area contributed by atoms with Crippen molar-refractivity contribution in [1.82, 2.24) is 14.9 Å². The van der Waals surface area contributed by atoms with Crippen LogP contribution in [-0.2, 0) is 19.5 Å². The van der Waals surface area contributed by atoms with Crippen LogP contribution in [0.1, 0.15) is 16.7 Å². The van der Waals surface area contributed by atoms with E-state index >= 15 is 0 Å². The Morgan fingerprint density at radius 1 is 1.29 bits per heavy atom. The minimum absolute atomic E-state index is 0. The Morgan fingerprint density at radius 2 is 2.24 bits per heavy atom. The normalized spacial score (nSPS) is 13.9. The summed E-state index contributed by atoms with van der Waals surface area (Å²) >= 11 is 0. The van der Waals surface area contributed by atoms with Crippen molar-refractivity contribution in [2.24, 2.45) is 0 Å². The standard InChI is InChI=1S/C13H15N3.ClH/c1-2-13-8-14-4-3-12(13)7-11(1)9-16-6-5-15-10-16;/h1-2,5-7,10,14H,3-4,8-9H2;1H. The highest BCUT2D eigenvalue weighted by molar-refractivity contribution is 5.85. The molecule has 0 saturated carbocycles. The lowest BCUT2D eigenvalue weighted by Crippen LogP contribution is -2.23. The van der Waals surface area contributed by atoms with Crippen molar-refractivity contribution < 1.29 is 0 Å². The van der Waals surface area contributed by atoms with Gasteiger partial charge in [0.05, 0.1) is 6.33 Å². The quantitative estimate of drug-likeness (QED) is 0.882. The zero-order valence-electron chi connectivity index (χ0n) is 9.60. The van der Waals surface area contributed by atoms with E-state index < -0.39 is 0 Å². The van der Waals surface area contributed by atoms with E-state index in [0.29, 0.717) is 0 Å². The average molecular weight is 250 g/mol. The minimum atomic E-state index is 0. The van der Waals surface area contributed by atoms with E-state index in [1.807, 2.05) is 18.7 Å². The molecule has 0 fully saturated rings. The lowest BCUT2D eigenvalue weighted by molar-refractivity contribution is 0.642. The van der Waals surface area contributed by atoms with Crippen LogP contribution < -0.4 is 5.32 Å². The Labute approximate surface area is 107 Å². The minimum Gasteiger partial charge on any atom is -0.333 e. The number of rotatable bonds is 2. The summed E-state index contributed by atoms with van der Waals surface area (Å²) in [6.07, 6.45) is 6.83. The van der Waals surface area contributed by atoms with Crippen LogP contribution in [0.3, 0.4) is 0 Å². The monoisotopic (exact) mass is 249 g/mol. The number of nitrogens with zero attached hydrogens (tertiary/aromatic N) is 2. The van der Waals surface area contributed by atoms with Crippen LogP contribution in [0.2, 0.25) is 0 Å². The number of aromatic nitrogens is 2. The second-order valence-corrected chi connectivity index (χ2v) is 4.26. The van der Waals surface area contributed by atoms with Crippen molar-refractivity contribution in [2.45, 2.75) is 19.5 Å². The lowest BCUT2D eigenvalue weighted by Gasteiger charge is -2.17. The lowest BCUT2D eigenvalue weighted by atomic mass is 9.98.